The van der Waals surface area contributed by atoms with Crippen molar-refractivity contribution in [3.63, 3.8) is 0 Å². The van der Waals surface area contributed by atoms with Crippen LogP contribution in [0.5, 0.6) is 5.75 Å². The lowest BCUT2D eigenvalue weighted by Crippen LogP contribution is -2.30. The summed E-state index contributed by atoms with van der Waals surface area (Å²) in [5.41, 5.74) is 0. The van der Waals surface area contributed by atoms with Crippen molar-refractivity contribution < 1.29 is 13.2 Å². The summed E-state index contributed by atoms with van der Waals surface area (Å²) in [6.45, 7) is 0.639. The van der Waals surface area contributed by atoms with Crippen molar-refractivity contribution in [2.75, 3.05) is 20.2 Å². The summed E-state index contributed by atoms with van der Waals surface area (Å²) in [4.78, 5) is 0. The highest BCUT2D eigenvalue weighted by Crippen LogP contribution is 2.19. The molecule has 0 amide bonds. The molecule has 1 aromatic heterocycles. The molecule has 0 aliphatic rings. The van der Waals surface area contributed by atoms with E-state index in [1.54, 1.807) is 24.6 Å². The van der Waals surface area contributed by atoms with Crippen molar-refractivity contribution in [1.82, 2.24) is 4.31 Å². The maximum atomic E-state index is 12.1. The second kappa shape index (κ2) is 6.18. The highest BCUT2D eigenvalue weighted by Gasteiger charge is 2.21. The quantitative estimate of drug-likeness (QED) is 0.823. The Kier molecular flexibility index (Phi) is 4.57. The zero-order valence-electron chi connectivity index (χ0n) is 10.5. The first kappa shape index (κ1) is 14.0. The van der Waals surface area contributed by atoms with Crippen LogP contribution in [0.3, 0.4) is 0 Å². The van der Waals surface area contributed by atoms with Gasteiger partial charge in [0.05, 0.1) is 0 Å². The first-order chi connectivity index (χ1) is 9.10. The lowest BCUT2D eigenvalue weighted by molar-refractivity contribution is 0.287. The van der Waals surface area contributed by atoms with Crippen LogP contribution in [-0.4, -0.2) is 32.9 Å². The summed E-state index contributed by atoms with van der Waals surface area (Å²) in [6, 6.07) is 12.7. The van der Waals surface area contributed by atoms with Gasteiger partial charge in [0, 0.05) is 13.6 Å². The van der Waals surface area contributed by atoms with Gasteiger partial charge in [-0.3, -0.25) is 0 Å². The summed E-state index contributed by atoms with van der Waals surface area (Å²) in [6.07, 6.45) is 0. The van der Waals surface area contributed by atoms with Crippen LogP contribution in [0.1, 0.15) is 0 Å². The van der Waals surface area contributed by atoms with Crippen molar-refractivity contribution in [3.8, 4) is 5.75 Å². The van der Waals surface area contributed by atoms with E-state index in [2.05, 4.69) is 0 Å². The first-order valence-electron chi connectivity index (χ1n) is 5.78. The molecule has 0 atom stereocenters. The molecular weight excluding hydrogens is 282 g/mol. The summed E-state index contributed by atoms with van der Waals surface area (Å²) in [5.74, 6) is 0.740. The molecule has 2 aromatic rings. The Morgan fingerprint density at radius 1 is 1.16 bits per heavy atom. The van der Waals surface area contributed by atoms with E-state index in [0.29, 0.717) is 17.4 Å². The molecule has 0 bridgehead atoms. The number of hydrogen-bond acceptors (Lipinski definition) is 4. The summed E-state index contributed by atoms with van der Waals surface area (Å²) < 4.78 is 31.4. The van der Waals surface area contributed by atoms with Gasteiger partial charge in [0.2, 0.25) is 0 Å². The maximum Gasteiger partial charge on any atom is 0.252 e. The van der Waals surface area contributed by atoms with Gasteiger partial charge in [-0.1, -0.05) is 24.3 Å². The molecule has 1 aromatic carbocycles. The number of hydrogen-bond donors (Lipinski definition) is 0. The second-order valence-electron chi connectivity index (χ2n) is 3.92. The predicted octanol–water partition coefficient (Wildman–Crippen LogP) is 2.45. The van der Waals surface area contributed by atoms with Gasteiger partial charge in [-0.05, 0) is 23.6 Å². The molecular formula is C13H15NO3S2. The topological polar surface area (TPSA) is 46.6 Å². The molecule has 1 heterocycles. The molecule has 0 spiro atoms. The minimum Gasteiger partial charge on any atom is -0.492 e. The van der Waals surface area contributed by atoms with Crippen LogP contribution in [0.2, 0.25) is 0 Å². The SMILES string of the molecule is CN(CCOc1ccccc1)S(=O)(=O)c1cccs1. The molecule has 0 aliphatic carbocycles. The van der Waals surface area contributed by atoms with E-state index in [1.165, 1.54) is 15.6 Å². The van der Waals surface area contributed by atoms with Crippen LogP contribution in [0, 0.1) is 0 Å². The van der Waals surface area contributed by atoms with Gasteiger partial charge < -0.3 is 4.74 Å². The largest absolute Gasteiger partial charge is 0.492 e. The van der Waals surface area contributed by atoms with E-state index in [-0.39, 0.29) is 0 Å². The van der Waals surface area contributed by atoms with E-state index in [1.807, 2.05) is 30.3 Å². The Bertz CT molecular complexity index is 594. The van der Waals surface area contributed by atoms with Crippen LogP contribution in [0.4, 0.5) is 0 Å². The molecule has 19 heavy (non-hydrogen) atoms. The standard InChI is InChI=1S/C13H15NO3S2/c1-14(19(15,16)13-8-5-11-18-13)9-10-17-12-6-3-2-4-7-12/h2-8,11H,9-10H2,1H3. The van der Waals surface area contributed by atoms with Gasteiger partial charge in [0.15, 0.2) is 0 Å². The molecule has 6 heteroatoms. The lowest BCUT2D eigenvalue weighted by atomic mass is 10.3. The smallest absolute Gasteiger partial charge is 0.252 e. The minimum atomic E-state index is -3.38. The Hall–Kier alpha value is -1.37. The second-order valence-corrected chi connectivity index (χ2v) is 7.14. The fourth-order valence-corrected chi connectivity index (χ4v) is 3.85. The average Bonchev–Trinajstić information content (AvgIpc) is 2.94. The number of likely N-dealkylation sites (N-methyl/N-ethyl adjacent to an activating group) is 1. The Morgan fingerprint density at radius 3 is 2.53 bits per heavy atom. The number of thiophene rings is 1. The van der Waals surface area contributed by atoms with E-state index in [9.17, 15) is 8.42 Å². The lowest BCUT2D eigenvalue weighted by Gasteiger charge is -2.16. The summed E-state index contributed by atoms with van der Waals surface area (Å²) in [5, 5.41) is 1.75. The molecule has 0 saturated carbocycles. The van der Waals surface area contributed by atoms with Crippen LogP contribution < -0.4 is 4.74 Å². The highest BCUT2D eigenvalue weighted by molar-refractivity contribution is 7.91. The van der Waals surface area contributed by atoms with Crippen molar-refractivity contribution in [2.24, 2.45) is 0 Å². The van der Waals surface area contributed by atoms with Gasteiger partial charge in [-0.2, -0.15) is 4.31 Å². The third-order valence-corrected chi connectivity index (χ3v) is 5.81. The number of sulfonamides is 1. The first-order valence-corrected chi connectivity index (χ1v) is 8.10. The molecule has 2 rings (SSSR count). The van der Waals surface area contributed by atoms with E-state index in [0.717, 1.165) is 5.75 Å². The number of nitrogens with zero attached hydrogens (tertiary/aromatic N) is 1. The minimum absolute atomic E-state index is 0.315. The zero-order valence-corrected chi connectivity index (χ0v) is 12.2. The van der Waals surface area contributed by atoms with E-state index < -0.39 is 10.0 Å². The van der Waals surface area contributed by atoms with Gasteiger partial charge in [-0.15, -0.1) is 11.3 Å². The zero-order chi connectivity index (χ0) is 13.7. The number of ether oxygens (including phenoxy) is 1. The van der Waals surface area contributed by atoms with Crippen molar-refractivity contribution in [2.45, 2.75) is 4.21 Å². The predicted molar refractivity (Wildman–Crippen MR) is 76.1 cm³/mol. The van der Waals surface area contributed by atoms with Crippen LogP contribution >= 0.6 is 11.3 Å². The molecule has 0 radical (unpaired) electrons. The van der Waals surface area contributed by atoms with Gasteiger partial charge >= 0.3 is 0 Å². The molecule has 102 valence electrons. The fraction of sp³-hybridized carbons (Fsp3) is 0.231. The third kappa shape index (κ3) is 3.56. The van der Waals surface area contributed by atoms with Gasteiger partial charge in [-0.25, -0.2) is 8.42 Å². The Balaban J connectivity index is 1.90. The summed E-state index contributed by atoms with van der Waals surface area (Å²) in [7, 11) is -1.82. The van der Waals surface area contributed by atoms with Crippen molar-refractivity contribution in [1.29, 1.82) is 0 Å². The Morgan fingerprint density at radius 2 is 1.89 bits per heavy atom. The van der Waals surface area contributed by atoms with Crippen molar-refractivity contribution >= 4 is 21.4 Å². The molecule has 0 fully saturated rings. The number of para-hydroxylation sites is 1. The van der Waals surface area contributed by atoms with E-state index in [4.69, 9.17) is 4.74 Å². The van der Waals surface area contributed by atoms with Crippen LogP contribution in [0.25, 0.3) is 0 Å². The van der Waals surface area contributed by atoms with Crippen LogP contribution in [0.15, 0.2) is 52.1 Å². The summed E-state index contributed by atoms with van der Waals surface area (Å²) >= 11 is 1.22. The van der Waals surface area contributed by atoms with Crippen molar-refractivity contribution in [3.05, 3.63) is 47.8 Å². The number of rotatable bonds is 6. The highest BCUT2D eigenvalue weighted by atomic mass is 32.2. The van der Waals surface area contributed by atoms with Crippen LogP contribution in [-0.2, 0) is 10.0 Å². The number of benzene rings is 1. The third-order valence-electron chi connectivity index (χ3n) is 2.58. The van der Waals surface area contributed by atoms with Gasteiger partial charge in [0.25, 0.3) is 10.0 Å². The van der Waals surface area contributed by atoms with Gasteiger partial charge in [0.1, 0.15) is 16.6 Å². The molecule has 4 nitrogen and oxygen atoms in total. The molecule has 0 unspecified atom stereocenters. The molecule has 0 saturated heterocycles. The van der Waals surface area contributed by atoms with E-state index >= 15 is 0 Å². The Labute approximate surface area is 117 Å². The molecule has 0 N–H and O–H groups in total. The maximum absolute atomic E-state index is 12.1. The molecule has 0 aliphatic heterocycles. The monoisotopic (exact) mass is 297 g/mol. The normalized spacial score (nSPS) is 11.7. The fourth-order valence-electron chi connectivity index (χ4n) is 1.49. The average molecular weight is 297 g/mol.